The largest absolute Gasteiger partial charge is 0.317 e. The third-order valence-electron chi connectivity index (χ3n) is 23.8. The first-order chi connectivity index (χ1) is 66.1. The first-order valence-electron chi connectivity index (χ1n) is 46.4. The Balaban J connectivity index is 0.000000149. The Morgan fingerprint density at radius 3 is 0.667 bits per heavy atom. The van der Waals surface area contributed by atoms with Gasteiger partial charge in [0.1, 0.15) is 0 Å². The Morgan fingerprint density at radius 1 is 0.156 bits per heavy atom. The Kier molecular flexibility index (Phi) is 31.0. The van der Waals surface area contributed by atoms with Crippen LogP contribution < -0.4 is 14.7 Å². The number of anilines is 8. The van der Waals surface area contributed by atoms with Crippen LogP contribution in [0.4, 0.5) is 45.5 Å². The van der Waals surface area contributed by atoms with E-state index in [1.165, 1.54) is 134 Å². The average Bonchev–Trinajstić information content (AvgIpc) is 0.807. The van der Waals surface area contributed by atoms with Gasteiger partial charge >= 0.3 is 0 Å². The van der Waals surface area contributed by atoms with Crippen molar-refractivity contribution in [2.24, 2.45) is 0 Å². The number of para-hydroxylation sites is 1. The molecule has 135 heavy (non-hydrogen) atoms. The summed E-state index contributed by atoms with van der Waals surface area (Å²) in [6, 6.07) is 165. The number of benzene rings is 18. The number of aryl methyl sites for hydroxylation is 8. The van der Waals surface area contributed by atoms with E-state index in [-0.39, 0.29) is 0 Å². The highest BCUT2D eigenvalue weighted by atomic mass is 15.1. The summed E-state index contributed by atoms with van der Waals surface area (Å²) in [4.78, 5) is 6.91. The molecule has 0 radical (unpaired) electrons. The van der Waals surface area contributed by atoms with E-state index >= 15 is 0 Å². The highest BCUT2D eigenvalue weighted by molar-refractivity contribution is 5.94. The third-order valence-corrected chi connectivity index (χ3v) is 23.8. The second-order valence-electron chi connectivity index (χ2n) is 34.5. The number of hydrogen-bond donors (Lipinski definition) is 0. The van der Waals surface area contributed by atoms with Crippen LogP contribution in [0.1, 0.15) is 134 Å². The van der Waals surface area contributed by atoms with Crippen LogP contribution in [-0.4, -0.2) is 0 Å². The fraction of sp³-hybridized carbons (Fsp3) is 0.0606. The second-order valence-corrected chi connectivity index (χ2v) is 34.5. The van der Waals surface area contributed by atoms with Gasteiger partial charge in [-0.05, 0) is 265 Å². The highest BCUT2D eigenvalue weighted by Gasteiger charge is 2.18. The molecule has 0 atom stereocenters. The molecule has 0 saturated heterocycles. The maximum Gasteiger partial charge on any atom is 0.0462 e. The van der Waals surface area contributed by atoms with Crippen LogP contribution in [0, 0.1) is 55.4 Å². The molecule has 0 N–H and O–H groups in total. The SMILES string of the molecule is C(=C(c1ccccc1)c1ccccc1)N(c1ccccc1)c1ccc(/C=C/C=C/c2ccccc2)cc1.Cc1ccc(C(=Cc2ccc(N(c3ccc(C)cc3)c3ccc(C=C(c4ccc(C)cc4)c4ccc(C)cc4)cc3)cc2)c2ccc(C)cc2)cc1.Cc1cccc(/C=C/c2ccc(N(c3ccc(/C=C/c4cccc(C)c4)cc3)c3ccc(/C=C/c4cccc(C)c4)cc3)cc2)c1. The molecular formula is C132H113N3. The Morgan fingerprint density at radius 2 is 0.370 bits per heavy atom. The molecule has 0 saturated carbocycles. The predicted molar refractivity (Wildman–Crippen MR) is 585 cm³/mol. The fourth-order valence-corrected chi connectivity index (χ4v) is 16.3. The Labute approximate surface area is 800 Å². The van der Waals surface area contributed by atoms with Gasteiger partial charge in [-0.15, -0.1) is 0 Å². The van der Waals surface area contributed by atoms with Crippen molar-refractivity contribution in [1.29, 1.82) is 0 Å². The number of rotatable bonds is 26. The molecule has 18 rings (SSSR count). The Hall–Kier alpha value is -16.7. The molecule has 0 aromatic heterocycles. The van der Waals surface area contributed by atoms with E-state index < -0.39 is 0 Å². The van der Waals surface area contributed by atoms with Crippen LogP contribution in [0.25, 0.3) is 77.5 Å². The fourth-order valence-electron chi connectivity index (χ4n) is 16.3. The smallest absolute Gasteiger partial charge is 0.0462 e. The van der Waals surface area contributed by atoms with E-state index in [0.29, 0.717) is 0 Å². The van der Waals surface area contributed by atoms with Crippen molar-refractivity contribution in [3.05, 3.63) is 613 Å². The lowest BCUT2D eigenvalue weighted by Gasteiger charge is -2.26. The zero-order valence-corrected chi connectivity index (χ0v) is 78.2. The van der Waals surface area contributed by atoms with Gasteiger partial charge in [0.25, 0.3) is 0 Å². The van der Waals surface area contributed by atoms with Crippen molar-refractivity contribution in [1.82, 2.24) is 0 Å². The number of allylic oxidation sites excluding steroid dienone is 2. The molecule has 0 bridgehead atoms. The van der Waals surface area contributed by atoms with Crippen molar-refractivity contribution >= 4 is 123 Å². The van der Waals surface area contributed by atoms with Crippen LogP contribution >= 0.6 is 0 Å². The molecule has 18 aromatic rings. The minimum Gasteiger partial charge on any atom is -0.317 e. The molecule has 0 aliphatic carbocycles. The van der Waals surface area contributed by atoms with E-state index in [9.17, 15) is 0 Å². The molecule has 0 amide bonds. The maximum absolute atomic E-state index is 2.34. The van der Waals surface area contributed by atoms with Gasteiger partial charge in [0.05, 0.1) is 0 Å². The maximum atomic E-state index is 2.34. The van der Waals surface area contributed by atoms with E-state index in [1.54, 1.807) is 0 Å². The van der Waals surface area contributed by atoms with Crippen molar-refractivity contribution in [2.75, 3.05) is 14.7 Å². The molecule has 18 aromatic carbocycles. The quantitative estimate of drug-likeness (QED) is 0.0395. The topological polar surface area (TPSA) is 9.72 Å². The number of nitrogens with zero attached hydrogens (tertiary/aromatic N) is 3. The zero-order chi connectivity index (χ0) is 92.9. The summed E-state index contributed by atoms with van der Waals surface area (Å²) in [5.74, 6) is 0. The summed E-state index contributed by atoms with van der Waals surface area (Å²) in [5.41, 5.74) is 41.5. The normalized spacial score (nSPS) is 11.1. The van der Waals surface area contributed by atoms with Gasteiger partial charge in [0, 0.05) is 57.3 Å². The minimum atomic E-state index is 1.10. The third kappa shape index (κ3) is 25.9. The van der Waals surface area contributed by atoms with E-state index in [1.807, 2.05) is 6.07 Å². The van der Waals surface area contributed by atoms with Crippen LogP contribution in [0.5, 0.6) is 0 Å². The predicted octanol–water partition coefficient (Wildman–Crippen LogP) is 36.1. The summed E-state index contributed by atoms with van der Waals surface area (Å²) >= 11 is 0. The second kappa shape index (κ2) is 45.7. The lowest BCUT2D eigenvalue weighted by Crippen LogP contribution is -2.10. The van der Waals surface area contributed by atoms with Gasteiger partial charge in [-0.25, -0.2) is 0 Å². The van der Waals surface area contributed by atoms with Gasteiger partial charge in [-0.2, -0.15) is 0 Å². The minimum absolute atomic E-state index is 1.10. The molecule has 0 spiro atoms. The van der Waals surface area contributed by atoms with Crippen LogP contribution in [0.2, 0.25) is 0 Å². The summed E-state index contributed by atoms with van der Waals surface area (Å²) in [5, 5.41) is 0. The molecule has 0 fully saturated rings. The molecule has 3 nitrogen and oxygen atoms in total. The lowest BCUT2D eigenvalue weighted by atomic mass is 9.94. The molecule has 0 aliphatic heterocycles. The first kappa shape index (κ1) is 91.6. The Bertz CT molecular complexity index is 6610. The number of hydrogen-bond acceptors (Lipinski definition) is 3. The molecule has 0 aliphatic rings. The van der Waals surface area contributed by atoms with Crippen molar-refractivity contribution in [3.63, 3.8) is 0 Å². The van der Waals surface area contributed by atoms with E-state index in [4.69, 9.17) is 0 Å². The summed E-state index contributed by atoms with van der Waals surface area (Å²) in [6.45, 7) is 17.1. The standard InChI is InChI=1S/C51H45N.C45H39N.C36H29N/c1-36-6-20-43(21-7-36)50(44-22-8-37(2)9-23-44)34-41-16-30-48(31-17-41)52(47-28-14-40(5)15-29-47)49-32-18-42(19-33-49)35-51(45-24-10-38(3)11-25-45)46-26-12-39(4)13-27-46;1-34-7-4-10-40(31-34)16-13-37-19-25-43(26-20-37)46(44-27-21-38(22-28-44)14-17-41-11-5-8-35(2)32-41)45-29-23-39(24-30-45)15-18-42-12-6-9-36(3)33-42;1-5-15-30(16-6-1)17-13-14-18-31-25-27-35(28-26-31)37(34-23-11-4-12-24-34)29-36(32-19-7-2-8-20-32)33-21-9-3-10-22-33/h6-35H,1-5H3;4-33H,1-3H3;1-29H/b;16-13+,17-14+,18-15+;17-13+,18-14+. The zero-order valence-electron chi connectivity index (χ0n) is 78.2. The molecule has 656 valence electrons. The van der Waals surface area contributed by atoms with E-state index in [2.05, 4.69) is 604 Å². The lowest BCUT2D eigenvalue weighted by molar-refractivity contribution is 1.27. The van der Waals surface area contributed by atoms with Crippen molar-refractivity contribution < 1.29 is 0 Å². The average molecular weight is 1740 g/mol. The van der Waals surface area contributed by atoms with Crippen LogP contribution in [0.15, 0.2) is 479 Å². The van der Waals surface area contributed by atoms with Gasteiger partial charge < -0.3 is 14.7 Å². The van der Waals surface area contributed by atoms with Crippen molar-refractivity contribution in [2.45, 2.75) is 55.4 Å². The van der Waals surface area contributed by atoms with Gasteiger partial charge in [-0.1, -0.05) is 469 Å². The van der Waals surface area contributed by atoms with Gasteiger partial charge in [0.15, 0.2) is 0 Å². The van der Waals surface area contributed by atoms with Crippen molar-refractivity contribution in [3.8, 4) is 0 Å². The molecule has 0 unspecified atom stereocenters. The molecule has 0 heterocycles. The first-order valence-corrected chi connectivity index (χ1v) is 46.4. The van der Waals surface area contributed by atoms with E-state index in [0.717, 1.165) is 62.2 Å². The molecular weight excluding hydrogens is 1630 g/mol. The molecule has 3 heteroatoms. The summed E-state index contributed by atoms with van der Waals surface area (Å²) < 4.78 is 0. The van der Waals surface area contributed by atoms with Gasteiger partial charge in [0.2, 0.25) is 0 Å². The highest BCUT2D eigenvalue weighted by Crippen LogP contribution is 2.40. The summed E-state index contributed by atoms with van der Waals surface area (Å²) in [7, 11) is 0. The van der Waals surface area contributed by atoms with Gasteiger partial charge in [-0.3, -0.25) is 0 Å². The summed E-state index contributed by atoms with van der Waals surface area (Å²) in [6.07, 6.45) is 28.3. The van der Waals surface area contributed by atoms with Crippen LogP contribution in [0.3, 0.4) is 0 Å². The van der Waals surface area contributed by atoms with Crippen LogP contribution in [-0.2, 0) is 0 Å². The monoisotopic (exact) mass is 1740 g/mol.